The highest BCUT2D eigenvalue weighted by atomic mass is 32.1. The Morgan fingerprint density at radius 3 is 2.60 bits per heavy atom. The van der Waals surface area contributed by atoms with E-state index in [1.807, 2.05) is 33.3 Å². The third-order valence-electron chi connectivity index (χ3n) is 4.78. The largest absolute Gasteiger partial charge is 0.350 e. The summed E-state index contributed by atoms with van der Waals surface area (Å²) in [5, 5.41) is 5.04. The minimum atomic E-state index is -0.279. The lowest BCUT2D eigenvalue weighted by atomic mass is 10.1. The Balaban J connectivity index is 1.79. The van der Waals surface area contributed by atoms with Gasteiger partial charge < -0.3 is 14.8 Å². The van der Waals surface area contributed by atoms with Crippen LogP contribution in [0.25, 0.3) is 0 Å². The van der Waals surface area contributed by atoms with Gasteiger partial charge in [0.15, 0.2) is 0 Å². The molecule has 134 valence electrons. The molecule has 1 saturated carbocycles. The molecule has 1 fully saturated rings. The molecule has 1 N–H and O–H groups in total. The number of carbonyl (C=O) groups excluding carboxylic acids is 1. The van der Waals surface area contributed by atoms with Crippen molar-refractivity contribution in [2.24, 2.45) is 0 Å². The van der Waals surface area contributed by atoms with Crippen molar-refractivity contribution in [3.8, 4) is 0 Å². The lowest BCUT2D eigenvalue weighted by Crippen LogP contribution is -2.38. The maximum Gasteiger partial charge on any atom is 0.263 e. The van der Waals surface area contributed by atoms with Gasteiger partial charge in [-0.05, 0) is 69.4 Å². The van der Waals surface area contributed by atoms with E-state index in [0.717, 1.165) is 18.4 Å². The van der Waals surface area contributed by atoms with Gasteiger partial charge in [0, 0.05) is 23.7 Å². The van der Waals surface area contributed by atoms with Crippen LogP contribution in [0.3, 0.4) is 0 Å². The van der Waals surface area contributed by atoms with Crippen molar-refractivity contribution >= 4 is 17.2 Å². The fourth-order valence-electron chi connectivity index (χ4n) is 3.07. The number of aryl methyl sites for hydroxylation is 2. The van der Waals surface area contributed by atoms with Gasteiger partial charge in [-0.2, -0.15) is 0 Å². The van der Waals surface area contributed by atoms with Crippen LogP contribution in [-0.4, -0.2) is 36.0 Å². The number of likely N-dealkylation sites (N-methyl/N-ethyl adjacent to an activating group) is 1. The fraction of sp³-hybridized carbons (Fsp3) is 0.474. The predicted octanol–water partition coefficient (Wildman–Crippen LogP) is 2.89. The van der Waals surface area contributed by atoms with Crippen LogP contribution in [0, 0.1) is 13.8 Å². The Labute approximate surface area is 152 Å². The van der Waals surface area contributed by atoms with Crippen LogP contribution in [0.2, 0.25) is 0 Å². The van der Waals surface area contributed by atoms with Crippen molar-refractivity contribution in [2.45, 2.75) is 38.8 Å². The molecule has 2 aromatic heterocycles. The van der Waals surface area contributed by atoms with Gasteiger partial charge in [-0.3, -0.25) is 9.59 Å². The minimum absolute atomic E-state index is 0.0959. The van der Waals surface area contributed by atoms with Crippen LogP contribution in [0.15, 0.2) is 28.5 Å². The van der Waals surface area contributed by atoms with Gasteiger partial charge in [0.1, 0.15) is 5.56 Å². The second-order valence-electron chi connectivity index (χ2n) is 6.97. The first kappa shape index (κ1) is 17.9. The van der Waals surface area contributed by atoms with E-state index in [1.54, 1.807) is 15.9 Å². The van der Waals surface area contributed by atoms with E-state index in [-0.39, 0.29) is 29.1 Å². The van der Waals surface area contributed by atoms with Crippen LogP contribution in [0.4, 0.5) is 0 Å². The quantitative estimate of drug-likeness (QED) is 0.863. The Hall–Kier alpha value is -1.92. The molecule has 0 bridgehead atoms. The van der Waals surface area contributed by atoms with Gasteiger partial charge in [-0.15, -0.1) is 11.3 Å². The molecule has 0 radical (unpaired) electrons. The molecule has 1 atom stereocenters. The number of rotatable bonds is 6. The molecule has 6 heteroatoms. The third-order valence-corrected chi connectivity index (χ3v) is 5.90. The first-order chi connectivity index (χ1) is 11.9. The maximum atomic E-state index is 12.7. The molecule has 2 heterocycles. The number of pyridine rings is 1. The van der Waals surface area contributed by atoms with Crippen LogP contribution in [0.5, 0.6) is 0 Å². The van der Waals surface area contributed by atoms with Gasteiger partial charge in [0.05, 0.1) is 6.04 Å². The van der Waals surface area contributed by atoms with Crippen molar-refractivity contribution in [1.82, 2.24) is 14.8 Å². The number of aromatic nitrogens is 1. The van der Waals surface area contributed by atoms with Gasteiger partial charge >= 0.3 is 0 Å². The van der Waals surface area contributed by atoms with Crippen molar-refractivity contribution in [3.05, 3.63) is 55.6 Å². The Morgan fingerprint density at radius 2 is 2.04 bits per heavy atom. The normalized spacial score (nSPS) is 15.4. The summed E-state index contributed by atoms with van der Waals surface area (Å²) in [6, 6.07) is 4.32. The summed E-state index contributed by atoms with van der Waals surface area (Å²) in [6.45, 7) is 4.38. The summed E-state index contributed by atoms with van der Waals surface area (Å²) in [5.41, 5.74) is 2.06. The highest BCUT2D eigenvalue weighted by molar-refractivity contribution is 7.10. The lowest BCUT2D eigenvalue weighted by molar-refractivity contribution is 0.0939. The van der Waals surface area contributed by atoms with Crippen molar-refractivity contribution < 1.29 is 4.79 Å². The number of amides is 1. The average molecular weight is 359 g/mol. The Kier molecular flexibility index (Phi) is 5.11. The highest BCUT2D eigenvalue weighted by Crippen LogP contribution is 2.33. The summed E-state index contributed by atoms with van der Waals surface area (Å²) in [4.78, 5) is 28.7. The second kappa shape index (κ2) is 7.14. The van der Waals surface area contributed by atoms with E-state index >= 15 is 0 Å². The van der Waals surface area contributed by atoms with Crippen molar-refractivity contribution in [3.63, 3.8) is 0 Å². The molecule has 0 spiro atoms. The van der Waals surface area contributed by atoms with E-state index in [2.05, 4.69) is 28.6 Å². The lowest BCUT2D eigenvalue weighted by Gasteiger charge is -2.24. The smallest absolute Gasteiger partial charge is 0.263 e. The van der Waals surface area contributed by atoms with Crippen LogP contribution in [-0.2, 0) is 0 Å². The van der Waals surface area contributed by atoms with Crippen LogP contribution >= 0.6 is 11.3 Å². The summed E-state index contributed by atoms with van der Waals surface area (Å²) in [5.74, 6) is -0.279. The molecule has 0 aliphatic heterocycles. The summed E-state index contributed by atoms with van der Waals surface area (Å²) >= 11 is 1.70. The monoisotopic (exact) mass is 359 g/mol. The Bertz CT molecular complexity index is 833. The zero-order valence-electron chi connectivity index (χ0n) is 15.2. The van der Waals surface area contributed by atoms with Gasteiger partial charge in [-0.1, -0.05) is 0 Å². The summed E-state index contributed by atoms with van der Waals surface area (Å²) < 4.78 is 1.70. The van der Waals surface area contributed by atoms with Gasteiger partial charge in [0.25, 0.3) is 11.5 Å². The number of hydrogen-bond acceptors (Lipinski definition) is 4. The number of thiophene rings is 1. The summed E-state index contributed by atoms with van der Waals surface area (Å²) in [6.07, 6.45) is 3.85. The van der Waals surface area contributed by atoms with E-state index < -0.39 is 0 Å². The molecule has 0 aromatic carbocycles. The van der Waals surface area contributed by atoms with E-state index in [0.29, 0.717) is 6.54 Å². The first-order valence-electron chi connectivity index (χ1n) is 8.60. The zero-order valence-corrected chi connectivity index (χ0v) is 16.0. The molecule has 2 aromatic rings. The average Bonchev–Trinajstić information content (AvgIpc) is 3.30. The van der Waals surface area contributed by atoms with E-state index in [1.165, 1.54) is 10.4 Å². The Morgan fingerprint density at radius 1 is 1.32 bits per heavy atom. The molecule has 0 saturated heterocycles. The van der Waals surface area contributed by atoms with E-state index in [4.69, 9.17) is 0 Å². The molecule has 25 heavy (non-hydrogen) atoms. The maximum absolute atomic E-state index is 12.7. The van der Waals surface area contributed by atoms with E-state index in [9.17, 15) is 9.59 Å². The second-order valence-corrected chi connectivity index (χ2v) is 7.92. The summed E-state index contributed by atoms with van der Waals surface area (Å²) in [7, 11) is 4.01. The molecule has 1 unspecified atom stereocenters. The number of carbonyl (C=O) groups is 1. The molecule has 5 nitrogen and oxygen atoms in total. The van der Waals surface area contributed by atoms with Crippen LogP contribution in [0.1, 0.15) is 51.3 Å². The number of nitrogens with zero attached hydrogens (tertiary/aromatic N) is 2. The van der Waals surface area contributed by atoms with Crippen molar-refractivity contribution in [2.75, 3.05) is 20.6 Å². The topological polar surface area (TPSA) is 54.3 Å². The van der Waals surface area contributed by atoms with Gasteiger partial charge in [0.2, 0.25) is 0 Å². The van der Waals surface area contributed by atoms with Crippen molar-refractivity contribution in [1.29, 1.82) is 0 Å². The molecule has 1 amide bonds. The minimum Gasteiger partial charge on any atom is -0.350 e. The molecule has 1 aliphatic rings. The molecular formula is C19H25N3O2S. The van der Waals surface area contributed by atoms with Gasteiger partial charge in [-0.25, -0.2) is 0 Å². The SMILES string of the molecule is Cc1ccsc1C(CNC(=O)c1c(C)ccn(C2CC2)c1=O)N(C)C. The zero-order chi connectivity index (χ0) is 18.1. The number of hydrogen-bond donors (Lipinski definition) is 1. The fourth-order valence-corrected chi connectivity index (χ4v) is 4.19. The molecule has 3 rings (SSSR count). The molecular weight excluding hydrogens is 334 g/mol. The highest BCUT2D eigenvalue weighted by Gasteiger charge is 2.27. The predicted molar refractivity (Wildman–Crippen MR) is 102 cm³/mol. The third kappa shape index (κ3) is 3.70. The number of nitrogens with one attached hydrogen (secondary N) is 1. The molecule has 1 aliphatic carbocycles. The first-order valence-corrected chi connectivity index (χ1v) is 9.48. The van der Waals surface area contributed by atoms with Crippen LogP contribution < -0.4 is 10.9 Å². The standard InChI is InChI=1S/C19H25N3O2S/c1-12-7-9-22(14-5-6-14)19(24)16(12)18(23)20-11-15(21(3)4)17-13(2)8-10-25-17/h7-10,14-15H,5-6,11H2,1-4H3,(H,20,23).